The number of nitro benzene ring substituents is 1. The van der Waals surface area contributed by atoms with Crippen molar-refractivity contribution in [3.8, 4) is 11.3 Å². The number of rotatable bonds is 6. The molecule has 0 saturated heterocycles. The highest BCUT2D eigenvalue weighted by Crippen LogP contribution is 2.24. The summed E-state index contributed by atoms with van der Waals surface area (Å²) in [4.78, 5) is 27.4. The van der Waals surface area contributed by atoms with Crippen LogP contribution in [0.5, 0.6) is 0 Å². The van der Waals surface area contributed by atoms with Gasteiger partial charge in [0.15, 0.2) is 4.96 Å². The molecule has 10 heteroatoms. The van der Waals surface area contributed by atoms with Crippen LogP contribution in [0.15, 0.2) is 63.7 Å². The van der Waals surface area contributed by atoms with E-state index in [1.165, 1.54) is 29.7 Å². The molecule has 140 valence electrons. The zero-order valence-electron chi connectivity index (χ0n) is 14.3. The number of hydrogen-bond acceptors (Lipinski definition) is 7. The molecule has 0 unspecified atom stereocenters. The van der Waals surface area contributed by atoms with E-state index in [-0.39, 0.29) is 18.0 Å². The number of aromatic nitrogens is 2. The van der Waals surface area contributed by atoms with Crippen molar-refractivity contribution >= 4 is 34.1 Å². The van der Waals surface area contributed by atoms with E-state index in [4.69, 9.17) is 4.42 Å². The second-order valence-corrected chi connectivity index (χ2v) is 6.67. The third-order valence-electron chi connectivity index (χ3n) is 3.86. The first-order valence-electron chi connectivity index (χ1n) is 8.16. The Balaban J connectivity index is 1.35. The van der Waals surface area contributed by atoms with Gasteiger partial charge in [0.1, 0.15) is 11.5 Å². The van der Waals surface area contributed by atoms with E-state index < -0.39 is 4.92 Å². The molecule has 0 saturated carbocycles. The minimum atomic E-state index is -0.459. The summed E-state index contributed by atoms with van der Waals surface area (Å²) in [5.41, 5.74) is 3.81. The molecule has 0 aliphatic rings. The number of benzene rings is 1. The highest BCUT2D eigenvalue weighted by atomic mass is 32.1. The van der Waals surface area contributed by atoms with Gasteiger partial charge >= 0.3 is 0 Å². The van der Waals surface area contributed by atoms with Crippen LogP contribution in [0.1, 0.15) is 11.5 Å². The Labute approximate surface area is 162 Å². The minimum absolute atomic E-state index is 0.0114. The Hall–Kier alpha value is -3.79. The van der Waals surface area contributed by atoms with E-state index in [1.807, 2.05) is 16.0 Å². The number of amides is 1. The molecule has 0 aliphatic carbocycles. The van der Waals surface area contributed by atoms with E-state index in [2.05, 4.69) is 15.5 Å². The molecule has 4 aromatic rings. The maximum atomic E-state index is 12.0. The topological polar surface area (TPSA) is 115 Å². The average molecular weight is 395 g/mol. The van der Waals surface area contributed by atoms with Crippen molar-refractivity contribution in [3.05, 3.63) is 75.7 Å². The van der Waals surface area contributed by atoms with Crippen LogP contribution in [0.25, 0.3) is 16.3 Å². The average Bonchev–Trinajstić information content (AvgIpc) is 3.38. The molecule has 1 amide bonds. The Morgan fingerprint density at radius 3 is 2.89 bits per heavy atom. The van der Waals surface area contributed by atoms with Crippen LogP contribution in [0.3, 0.4) is 0 Å². The number of non-ortho nitro benzene ring substituents is 1. The first-order chi connectivity index (χ1) is 13.6. The van der Waals surface area contributed by atoms with Gasteiger partial charge in [0.05, 0.1) is 23.3 Å². The summed E-state index contributed by atoms with van der Waals surface area (Å²) in [6, 6.07) is 9.45. The summed E-state index contributed by atoms with van der Waals surface area (Å²) in [7, 11) is 0. The number of thiazole rings is 1. The molecule has 1 aromatic carbocycles. The van der Waals surface area contributed by atoms with Crippen molar-refractivity contribution in [3.63, 3.8) is 0 Å². The lowest BCUT2D eigenvalue weighted by molar-refractivity contribution is -0.384. The molecule has 28 heavy (non-hydrogen) atoms. The monoisotopic (exact) mass is 395 g/mol. The summed E-state index contributed by atoms with van der Waals surface area (Å²) in [6.07, 6.45) is 5.20. The standard InChI is InChI=1S/C18H13N5O4S/c24-17(9-13-11-22-7-8-28-18(22)20-13)21-19-10-15-5-6-16(27-15)12-1-3-14(4-2-12)23(25)26/h1-8,10-11H,9H2,(H,21,24)/b19-10-. The van der Waals surface area contributed by atoms with Gasteiger partial charge in [-0.1, -0.05) is 0 Å². The molecule has 0 atom stereocenters. The van der Waals surface area contributed by atoms with Gasteiger partial charge in [-0.15, -0.1) is 11.3 Å². The summed E-state index contributed by atoms with van der Waals surface area (Å²) in [5.74, 6) is 0.695. The molecule has 0 fully saturated rings. The lowest BCUT2D eigenvalue weighted by atomic mass is 10.1. The van der Waals surface area contributed by atoms with Crippen molar-refractivity contribution in [1.29, 1.82) is 0 Å². The van der Waals surface area contributed by atoms with Crippen LogP contribution in [-0.4, -0.2) is 26.4 Å². The van der Waals surface area contributed by atoms with Gasteiger partial charge in [-0.05, 0) is 24.3 Å². The van der Waals surface area contributed by atoms with Gasteiger partial charge in [-0.3, -0.25) is 19.3 Å². The fourth-order valence-corrected chi connectivity index (χ4v) is 3.28. The number of carbonyl (C=O) groups is 1. The highest BCUT2D eigenvalue weighted by molar-refractivity contribution is 7.15. The Morgan fingerprint density at radius 1 is 1.32 bits per heavy atom. The minimum Gasteiger partial charge on any atom is -0.455 e. The maximum absolute atomic E-state index is 12.0. The van der Waals surface area contributed by atoms with Gasteiger partial charge in [0.2, 0.25) is 5.91 Å². The lowest BCUT2D eigenvalue weighted by Crippen LogP contribution is -2.19. The maximum Gasteiger partial charge on any atom is 0.269 e. The van der Waals surface area contributed by atoms with E-state index in [0.29, 0.717) is 22.8 Å². The molecule has 0 aliphatic heterocycles. The number of fused-ring (bicyclic) bond motifs is 1. The summed E-state index contributed by atoms with van der Waals surface area (Å²) in [5, 5.41) is 16.5. The first-order valence-corrected chi connectivity index (χ1v) is 9.04. The van der Waals surface area contributed by atoms with Crippen molar-refractivity contribution in [2.24, 2.45) is 5.10 Å². The van der Waals surface area contributed by atoms with E-state index in [9.17, 15) is 14.9 Å². The number of nitrogens with zero attached hydrogens (tertiary/aromatic N) is 4. The van der Waals surface area contributed by atoms with Crippen molar-refractivity contribution in [2.75, 3.05) is 0 Å². The summed E-state index contributed by atoms with van der Waals surface area (Å²) in [6.45, 7) is 0. The molecule has 1 N–H and O–H groups in total. The number of carbonyl (C=O) groups excluding carboxylic acids is 1. The SMILES string of the molecule is O=C(Cc1cn2ccsc2n1)N/N=C\c1ccc(-c2ccc([N+](=O)[O-])cc2)o1. The Morgan fingerprint density at radius 2 is 2.14 bits per heavy atom. The molecular formula is C18H13N5O4S. The molecular weight excluding hydrogens is 382 g/mol. The lowest BCUT2D eigenvalue weighted by Gasteiger charge is -1.97. The predicted octanol–water partition coefficient (Wildman–Crippen LogP) is 3.26. The smallest absolute Gasteiger partial charge is 0.269 e. The molecule has 0 radical (unpaired) electrons. The van der Waals surface area contributed by atoms with Crippen LogP contribution in [0, 0.1) is 10.1 Å². The molecule has 4 rings (SSSR count). The van der Waals surface area contributed by atoms with Crippen LogP contribution >= 0.6 is 11.3 Å². The normalized spacial score (nSPS) is 11.3. The van der Waals surface area contributed by atoms with E-state index >= 15 is 0 Å². The second-order valence-electron chi connectivity index (χ2n) is 5.80. The van der Waals surface area contributed by atoms with Gasteiger partial charge in [0, 0.05) is 35.5 Å². The summed E-state index contributed by atoms with van der Waals surface area (Å²) < 4.78 is 7.48. The Kier molecular flexibility index (Phi) is 4.68. The zero-order chi connectivity index (χ0) is 19.5. The zero-order valence-corrected chi connectivity index (χ0v) is 15.1. The number of nitro groups is 1. The van der Waals surface area contributed by atoms with Gasteiger partial charge in [-0.2, -0.15) is 5.10 Å². The van der Waals surface area contributed by atoms with Crippen LogP contribution in [-0.2, 0) is 11.2 Å². The van der Waals surface area contributed by atoms with Crippen LogP contribution in [0.2, 0.25) is 0 Å². The third-order valence-corrected chi connectivity index (χ3v) is 4.63. The van der Waals surface area contributed by atoms with Crippen molar-refractivity contribution in [1.82, 2.24) is 14.8 Å². The number of furan rings is 1. The molecule has 0 spiro atoms. The molecule has 0 bridgehead atoms. The van der Waals surface area contributed by atoms with Gasteiger partial charge in [-0.25, -0.2) is 10.4 Å². The first kappa shape index (κ1) is 17.6. The summed E-state index contributed by atoms with van der Waals surface area (Å²) >= 11 is 1.50. The fraction of sp³-hybridized carbons (Fsp3) is 0.0556. The molecule has 3 heterocycles. The van der Waals surface area contributed by atoms with Crippen molar-refractivity contribution < 1.29 is 14.1 Å². The highest BCUT2D eigenvalue weighted by Gasteiger charge is 2.09. The van der Waals surface area contributed by atoms with Crippen LogP contribution < -0.4 is 5.43 Å². The Bertz CT molecular complexity index is 1140. The third kappa shape index (κ3) is 3.81. The molecule has 9 nitrogen and oxygen atoms in total. The quantitative estimate of drug-likeness (QED) is 0.306. The van der Waals surface area contributed by atoms with E-state index in [1.54, 1.807) is 30.5 Å². The van der Waals surface area contributed by atoms with Gasteiger partial charge in [0.25, 0.3) is 5.69 Å². The predicted molar refractivity (Wildman–Crippen MR) is 103 cm³/mol. The van der Waals surface area contributed by atoms with Crippen LogP contribution in [0.4, 0.5) is 5.69 Å². The van der Waals surface area contributed by atoms with Crippen molar-refractivity contribution in [2.45, 2.75) is 6.42 Å². The fourth-order valence-electron chi connectivity index (χ4n) is 2.56. The number of hydrazone groups is 1. The molecule has 3 aromatic heterocycles. The van der Waals surface area contributed by atoms with Gasteiger partial charge < -0.3 is 4.42 Å². The number of nitrogens with one attached hydrogen (secondary N) is 1. The largest absolute Gasteiger partial charge is 0.455 e. The second kappa shape index (κ2) is 7.45. The number of hydrogen-bond donors (Lipinski definition) is 1. The van der Waals surface area contributed by atoms with E-state index in [0.717, 1.165) is 4.96 Å². The number of imidazole rings is 1.